The summed E-state index contributed by atoms with van der Waals surface area (Å²) in [5.74, 6) is -2.90. The summed E-state index contributed by atoms with van der Waals surface area (Å²) in [6, 6.07) is 1.25. The molecule has 1 atom stereocenters. The van der Waals surface area contributed by atoms with E-state index in [2.05, 4.69) is 15.5 Å². The first-order valence-corrected chi connectivity index (χ1v) is 6.54. The van der Waals surface area contributed by atoms with Gasteiger partial charge in [0.15, 0.2) is 5.01 Å². The quantitative estimate of drug-likeness (QED) is 0.937. The molecule has 0 bridgehead atoms. The van der Waals surface area contributed by atoms with E-state index in [9.17, 15) is 13.2 Å². The molecule has 0 saturated heterocycles. The lowest BCUT2D eigenvalue weighted by molar-refractivity contribution is 0.547. The zero-order valence-electron chi connectivity index (χ0n) is 10.4. The second-order valence-corrected chi connectivity index (χ2v) is 4.95. The van der Waals surface area contributed by atoms with Gasteiger partial charge in [-0.3, -0.25) is 0 Å². The highest BCUT2D eigenvalue weighted by Gasteiger charge is 2.20. The summed E-state index contributed by atoms with van der Waals surface area (Å²) < 4.78 is 40.1. The van der Waals surface area contributed by atoms with E-state index in [4.69, 9.17) is 0 Å². The van der Waals surface area contributed by atoms with Gasteiger partial charge in [0.25, 0.3) is 0 Å². The van der Waals surface area contributed by atoms with Gasteiger partial charge in [0, 0.05) is 12.1 Å². The second kappa shape index (κ2) is 5.66. The van der Waals surface area contributed by atoms with Crippen LogP contribution in [0, 0.1) is 17.5 Å². The minimum atomic E-state index is -0.974. The van der Waals surface area contributed by atoms with Crippen LogP contribution in [-0.2, 0) is 0 Å². The summed E-state index contributed by atoms with van der Waals surface area (Å²) in [6.45, 7) is 1.96. The third kappa shape index (κ3) is 2.76. The van der Waals surface area contributed by atoms with Gasteiger partial charge in [-0.2, -0.15) is 0 Å². The molecule has 0 radical (unpaired) electrons. The van der Waals surface area contributed by atoms with E-state index in [1.807, 2.05) is 6.92 Å². The maximum absolute atomic E-state index is 13.6. The van der Waals surface area contributed by atoms with Crippen LogP contribution in [0.15, 0.2) is 12.1 Å². The number of nitrogens with one attached hydrogen (secondary N) is 1. The first-order chi connectivity index (χ1) is 9.06. The Morgan fingerprint density at radius 3 is 2.37 bits per heavy atom. The van der Waals surface area contributed by atoms with Crippen LogP contribution in [0.4, 0.5) is 13.2 Å². The first kappa shape index (κ1) is 14.0. The molecule has 1 heterocycles. The summed E-state index contributed by atoms with van der Waals surface area (Å²) in [4.78, 5) is 0. The highest BCUT2D eigenvalue weighted by Crippen LogP contribution is 2.31. The van der Waals surface area contributed by atoms with Gasteiger partial charge in [-0.05, 0) is 13.5 Å². The topological polar surface area (TPSA) is 37.8 Å². The van der Waals surface area contributed by atoms with Gasteiger partial charge in [-0.15, -0.1) is 10.2 Å². The maximum Gasteiger partial charge on any atom is 0.153 e. The smallest absolute Gasteiger partial charge is 0.153 e. The van der Waals surface area contributed by atoms with Crippen LogP contribution >= 0.6 is 11.3 Å². The van der Waals surface area contributed by atoms with Gasteiger partial charge in [-0.25, -0.2) is 13.2 Å². The third-order valence-electron chi connectivity index (χ3n) is 2.72. The number of hydrogen-bond donors (Lipinski definition) is 1. The molecular weight excluding hydrogens is 275 g/mol. The van der Waals surface area contributed by atoms with Crippen LogP contribution < -0.4 is 5.32 Å². The van der Waals surface area contributed by atoms with E-state index in [-0.39, 0.29) is 16.6 Å². The molecule has 1 N–H and O–H groups in total. The Kier molecular flexibility index (Phi) is 4.16. The van der Waals surface area contributed by atoms with Gasteiger partial charge < -0.3 is 5.32 Å². The fourth-order valence-electron chi connectivity index (χ4n) is 1.73. The lowest BCUT2D eigenvalue weighted by Gasteiger charge is -2.08. The number of halogens is 3. The van der Waals surface area contributed by atoms with Crippen molar-refractivity contribution in [3.63, 3.8) is 0 Å². The third-order valence-corrected chi connectivity index (χ3v) is 3.77. The van der Waals surface area contributed by atoms with Crippen molar-refractivity contribution in [2.24, 2.45) is 0 Å². The minimum Gasteiger partial charge on any atom is -0.311 e. The van der Waals surface area contributed by atoms with Crippen molar-refractivity contribution in [2.45, 2.75) is 19.4 Å². The van der Waals surface area contributed by atoms with E-state index in [1.165, 1.54) is 0 Å². The standard InChI is InChI=1S/C12H12F3N3S/c1-3-9(16-2)11-17-18-12(19-11)10-7(14)4-6(13)5-8(10)15/h4-5,9,16H,3H2,1-2H3. The molecule has 2 rings (SSSR count). The van der Waals surface area contributed by atoms with Crippen LogP contribution in [-0.4, -0.2) is 17.2 Å². The SMILES string of the molecule is CCC(NC)c1nnc(-c2c(F)cc(F)cc2F)s1. The molecule has 0 spiro atoms. The molecule has 2 aromatic rings. The molecule has 3 nitrogen and oxygen atoms in total. The van der Waals surface area contributed by atoms with Crippen molar-refractivity contribution in [1.29, 1.82) is 0 Å². The van der Waals surface area contributed by atoms with E-state index in [0.29, 0.717) is 17.1 Å². The molecule has 0 aliphatic rings. The van der Waals surface area contributed by atoms with Crippen molar-refractivity contribution in [3.05, 3.63) is 34.6 Å². The zero-order valence-corrected chi connectivity index (χ0v) is 11.2. The van der Waals surface area contributed by atoms with Crippen molar-refractivity contribution in [2.75, 3.05) is 7.05 Å². The zero-order chi connectivity index (χ0) is 14.0. The Labute approximate surface area is 112 Å². The molecule has 1 aromatic carbocycles. The maximum atomic E-state index is 13.6. The van der Waals surface area contributed by atoms with E-state index in [0.717, 1.165) is 17.8 Å². The average molecular weight is 287 g/mol. The molecule has 7 heteroatoms. The lowest BCUT2D eigenvalue weighted by atomic mass is 10.2. The Morgan fingerprint density at radius 2 is 1.84 bits per heavy atom. The highest BCUT2D eigenvalue weighted by atomic mass is 32.1. The van der Waals surface area contributed by atoms with Gasteiger partial charge >= 0.3 is 0 Å². The lowest BCUT2D eigenvalue weighted by Crippen LogP contribution is -2.14. The summed E-state index contributed by atoms with van der Waals surface area (Å²) >= 11 is 1.09. The van der Waals surface area contributed by atoms with Gasteiger partial charge in [-0.1, -0.05) is 18.3 Å². The van der Waals surface area contributed by atoms with Gasteiger partial charge in [0.05, 0.1) is 11.6 Å². The monoisotopic (exact) mass is 287 g/mol. The predicted molar refractivity (Wildman–Crippen MR) is 67.3 cm³/mol. The first-order valence-electron chi connectivity index (χ1n) is 5.72. The number of nitrogens with zero attached hydrogens (tertiary/aromatic N) is 2. The van der Waals surface area contributed by atoms with Crippen LogP contribution in [0.1, 0.15) is 24.4 Å². The van der Waals surface area contributed by atoms with Crippen LogP contribution in [0.25, 0.3) is 10.6 Å². The number of rotatable bonds is 4. The summed E-state index contributed by atoms with van der Waals surface area (Å²) in [5.41, 5.74) is -0.337. The summed E-state index contributed by atoms with van der Waals surface area (Å²) in [6.07, 6.45) is 0.777. The van der Waals surface area contributed by atoms with Crippen LogP contribution in [0.5, 0.6) is 0 Å². The van der Waals surface area contributed by atoms with Crippen LogP contribution in [0.2, 0.25) is 0 Å². The molecule has 1 unspecified atom stereocenters. The number of hydrogen-bond acceptors (Lipinski definition) is 4. The van der Waals surface area contributed by atoms with Crippen molar-refractivity contribution in [3.8, 4) is 10.6 Å². The normalized spacial score (nSPS) is 12.7. The molecule has 0 saturated carbocycles. The van der Waals surface area contributed by atoms with Crippen molar-refractivity contribution >= 4 is 11.3 Å². The molecule has 0 fully saturated rings. The fraction of sp³-hybridized carbons (Fsp3) is 0.333. The number of aromatic nitrogens is 2. The Balaban J connectivity index is 2.43. The Bertz CT molecular complexity index is 558. The number of benzene rings is 1. The molecule has 0 aliphatic carbocycles. The fourth-order valence-corrected chi connectivity index (χ4v) is 2.81. The average Bonchev–Trinajstić information content (AvgIpc) is 2.78. The summed E-state index contributed by atoms with van der Waals surface area (Å²) in [5, 5.41) is 11.5. The van der Waals surface area contributed by atoms with Crippen LogP contribution in [0.3, 0.4) is 0 Å². The van der Waals surface area contributed by atoms with Gasteiger partial charge in [0.2, 0.25) is 0 Å². The highest BCUT2D eigenvalue weighted by molar-refractivity contribution is 7.14. The van der Waals surface area contributed by atoms with E-state index < -0.39 is 17.5 Å². The Morgan fingerprint density at radius 1 is 1.21 bits per heavy atom. The molecule has 0 amide bonds. The minimum absolute atomic E-state index is 0.0159. The molecule has 102 valence electrons. The predicted octanol–water partition coefficient (Wildman–Crippen LogP) is 3.29. The second-order valence-electron chi connectivity index (χ2n) is 3.94. The molecule has 19 heavy (non-hydrogen) atoms. The largest absolute Gasteiger partial charge is 0.311 e. The summed E-state index contributed by atoms with van der Waals surface area (Å²) in [7, 11) is 1.77. The van der Waals surface area contributed by atoms with Crippen molar-refractivity contribution in [1.82, 2.24) is 15.5 Å². The molecule has 0 aliphatic heterocycles. The molecule has 1 aromatic heterocycles. The van der Waals surface area contributed by atoms with E-state index >= 15 is 0 Å². The van der Waals surface area contributed by atoms with E-state index in [1.54, 1.807) is 7.05 Å². The van der Waals surface area contributed by atoms with Crippen molar-refractivity contribution < 1.29 is 13.2 Å². The Hall–Kier alpha value is -1.47. The molecular formula is C12H12F3N3S. The van der Waals surface area contributed by atoms with Gasteiger partial charge in [0.1, 0.15) is 22.5 Å².